The molecule has 8 N–H and O–H groups in total. The van der Waals surface area contributed by atoms with Gasteiger partial charge < -0.3 is 50.1 Å². The molecule has 17 heteroatoms. The maximum absolute atomic E-state index is 11.3. The zero-order chi connectivity index (χ0) is 27.9. The highest BCUT2D eigenvalue weighted by molar-refractivity contribution is 7.71. The topological polar surface area (TPSA) is 231 Å². The van der Waals surface area contributed by atoms with Crippen LogP contribution in [0.2, 0.25) is 0 Å². The van der Waals surface area contributed by atoms with E-state index in [0.29, 0.717) is 11.1 Å². The van der Waals surface area contributed by atoms with Crippen LogP contribution in [-0.2, 0) is 9.47 Å². The summed E-state index contributed by atoms with van der Waals surface area (Å²) in [4.78, 5) is 23.6. The van der Waals surface area contributed by atoms with Gasteiger partial charge in [0.1, 0.15) is 43.3 Å². The van der Waals surface area contributed by atoms with Crippen LogP contribution in [0, 0.1) is 11.7 Å². The molecule has 0 saturated carbocycles. The third-order valence-corrected chi connectivity index (χ3v) is 6.81. The molecule has 2 aromatic rings. The first-order chi connectivity index (χ1) is 18.0. The van der Waals surface area contributed by atoms with E-state index < -0.39 is 62.3 Å². The number of aliphatic hydroxyl groups is 7. The molecule has 2 aromatic heterocycles. The van der Waals surface area contributed by atoms with Crippen LogP contribution < -0.4 is 16.4 Å². The van der Waals surface area contributed by atoms with Crippen molar-refractivity contribution in [1.82, 2.24) is 24.0 Å². The van der Waals surface area contributed by atoms with Gasteiger partial charge in [0, 0.05) is 18.8 Å². The van der Waals surface area contributed by atoms with E-state index in [1.54, 1.807) is 14.0 Å². The molecule has 0 amide bonds. The standard InChI is InChI=1S/C11H16N4O5.C10H14N2O5S/c1-14-3-13-9-6(10(14)19)12-4-15(9)11-8(18)7(17)5(2-16)20-11;1-4-2-12(10(18)11-8(4)16)9-7(15)6(14)5(3-13)17-9/h4-5,7-8,11,16-19H,2-3H2,1H3;2,5-7,9,13-15H,3H2,1H3,(H,11,16,18)/t5-,7-,8-,11-;/m1./s1. The monoisotopic (exact) mass is 558 g/mol. The molecule has 8 atom stereocenters. The van der Waals surface area contributed by atoms with Crippen LogP contribution in [0.5, 0.6) is 0 Å². The molecule has 5 heterocycles. The van der Waals surface area contributed by atoms with Gasteiger partial charge in [0.05, 0.1) is 19.5 Å². The number of aromatic amines is 1. The number of hydrogen-bond donors (Lipinski definition) is 8. The molecule has 2 saturated heterocycles. The number of nitrogens with zero attached hydrogens (tertiary/aromatic N) is 5. The van der Waals surface area contributed by atoms with Crippen LogP contribution in [0.15, 0.2) is 22.3 Å². The summed E-state index contributed by atoms with van der Waals surface area (Å²) < 4.78 is 13.6. The second kappa shape index (κ2) is 11.2. The summed E-state index contributed by atoms with van der Waals surface area (Å²) in [6.45, 7) is 1.03. The van der Waals surface area contributed by atoms with Crippen molar-refractivity contribution in [2.24, 2.45) is 4.99 Å². The molecule has 2 fully saturated rings. The third kappa shape index (κ3) is 4.99. The molecule has 3 aliphatic rings. The Morgan fingerprint density at radius 1 is 1.03 bits per heavy atom. The molecule has 38 heavy (non-hydrogen) atoms. The van der Waals surface area contributed by atoms with Crippen molar-refractivity contribution >= 4 is 18.1 Å². The van der Waals surface area contributed by atoms with Crippen molar-refractivity contribution < 1.29 is 45.2 Å². The van der Waals surface area contributed by atoms with E-state index in [0.717, 1.165) is 0 Å². The molecule has 0 aromatic carbocycles. The quantitative estimate of drug-likeness (QED) is 0.166. The van der Waals surface area contributed by atoms with Crippen molar-refractivity contribution in [3.63, 3.8) is 0 Å². The first kappa shape index (κ1) is 28.3. The van der Waals surface area contributed by atoms with Crippen LogP contribution in [0.1, 0.15) is 18.0 Å². The number of hydrogen-bond acceptors (Lipinski definition) is 14. The molecule has 16 nitrogen and oxygen atoms in total. The SMILES string of the molecule is CN1CN=c2c(ncn2[C@@H]2O[C@H](CO)[C@@H](O)[C@H]2O)=C1O.Cc1cn(C2OC(CO)C(O)C2O)c(=S)[nH]c1=O. The minimum absolute atomic E-state index is 0.0134. The first-order valence-electron chi connectivity index (χ1n) is 11.6. The average Bonchev–Trinajstić information content (AvgIpc) is 3.54. The molecule has 0 bridgehead atoms. The van der Waals surface area contributed by atoms with Crippen LogP contribution in [-0.4, -0.2) is 123 Å². The van der Waals surface area contributed by atoms with E-state index in [1.807, 2.05) is 0 Å². The van der Waals surface area contributed by atoms with E-state index in [9.17, 15) is 30.3 Å². The van der Waals surface area contributed by atoms with Crippen LogP contribution in [0.4, 0.5) is 0 Å². The van der Waals surface area contributed by atoms with Gasteiger partial charge in [0.2, 0.25) is 5.88 Å². The Hall–Kier alpha value is -2.74. The number of H-pyrrole nitrogens is 1. The molecule has 3 aliphatic heterocycles. The van der Waals surface area contributed by atoms with E-state index in [2.05, 4.69) is 15.0 Å². The van der Waals surface area contributed by atoms with Crippen LogP contribution in [0.25, 0.3) is 5.88 Å². The van der Waals surface area contributed by atoms with Gasteiger partial charge in [-0.15, -0.1) is 0 Å². The van der Waals surface area contributed by atoms with Crippen molar-refractivity contribution in [1.29, 1.82) is 0 Å². The lowest BCUT2D eigenvalue weighted by Crippen LogP contribution is -2.44. The summed E-state index contributed by atoms with van der Waals surface area (Å²) in [5.74, 6) is -0.0134. The minimum atomic E-state index is -1.22. The highest BCUT2D eigenvalue weighted by atomic mass is 32.1. The number of rotatable bonds is 4. The first-order valence-corrected chi connectivity index (χ1v) is 12.0. The van der Waals surface area contributed by atoms with Gasteiger partial charge in [-0.1, -0.05) is 0 Å². The number of ether oxygens (including phenoxy) is 2. The molecule has 0 aliphatic carbocycles. The van der Waals surface area contributed by atoms with Gasteiger partial charge in [0.25, 0.3) is 5.56 Å². The normalized spacial score (nSPS) is 32.5. The van der Waals surface area contributed by atoms with Crippen molar-refractivity contribution in [3.8, 4) is 0 Å². The zero-order valence-corrected chi connectivity index (χ0v) is 21.2. The highest BCUT2D eigenvalue weighted by Crippen LogP contribution is 2.29. The minimum Gasteiger partial charge on any atom is -0.493 e. The number of imidazole rings is 1. The lowest BCUT2D eigenvalue weighted by Gasteiger charge is -2.19. The van der Waals surface area contributed by atoms with Gasteiger partial charge in [0.15, 0.2) is 28.1 Å². The third-order valence-electron chi connectivity index (χ3n) is 6.50. The fourth-order valence-corrected chi connectivity index (χ4v) is 4.52. The number of fused-ring (bicyclic) bond motifs is 1. The second-order valence-electron chi connectivity index (χ2n) is 9.08. The van der Waals surface area contributed by atoms with Crippen LogP contribution >= 0.6 is 12.2 Å². The fourth-order valence-electron chi connectivity index (χ4n) is 4.27. The van der Waals surface area contributed by atoms with E-state index in [4.69, 9.17) is 31.9 Å². The summed E-state index contributed by atoms with van der Waals surface area (Å²) in [6, 6.07) is 0. The van der Waals surface area contributed by atoms with Gasteiger partial charge in [-0.05, 0) is 19.1 Å². The summed E-state index contributed by atoms with van der Waals surface area (Å²) in [5.41, 5.74) is 0.458. The van der Waals surface area contributed by atoms with E-state index >= 15 is 0 Å². The Kier molecular flexibility index (Phi) is 8.31. The molecular weight excluding hydrogens is 528 g/mol. The van der Waals surface area contributed by atoms with Gasteiger partial charge in [-0.25, -0.2) is 9.98 Å². The Balaban J connectivity index is 0.000000178. The average molecular weight is 559 g/mol. The second-order valence-corrected chi connectivity index (χ2v) is 9.47. The zero-order valence-electron chi connectivity index (χ0n) is 20.4. The molecule has 210 valence electrons. The smallest absolute Gasteiger partial charge is 0.254 e. The maximum atomic E-state index is 11.3. The molecule has 4 unspecified atom stereocenters. The lowest BCUT2D eigenvalue weighted by molar-refractivity contribution is -0.0546. The van der Waals surface area contributed by atoms with Gasteiger partial charge in [-0.2, -0.15) is 0 Å². The molecule has 0 radical (unpaired) electrons. The number of aryl methyl sites for hydroxylation is 1. The van der Waals surface area contributed by atoms with E-state index in [1.165, 1.54) is 26.6 Å². The largest absolute Gasteiger partial charge is 0.493 e. The van der Waals surface area contributed by atoms with E-state index in [-0.39, 0.29) is 28.2 Å². The molecular formula is C21H30N6O10S. The Morgan fingerprint density at radius 3 is 2.11 bits per heavy atom. The predicted molar refractivity (Wildman–Crippen MR) is 128 cm³/mol. The van der Waals surface area contributed by atoms with Crippen LogP contribution in [0.3, 0.4) is 0 Å². The summed E-state index contributed by atoms with van der Waals surface area (Å²) in [6.07, 6.45) is -5.57. The number of aromatic nitrogens is 4. The van der Waals surface area contributed by atoms with Gasteiger partial charge >= 0.3 is 0 Å². The predicted octanol–water partition coefficient (Wildman–Crippen LogP) is -4.53. The highest BCUT2D eigenvalue weighted by Gasteiger charge is 2.44. The Morgan fingerprint density at radius 2 is 1.58 bits per heavy atom. The summed E-state index contributed by atoms with van der Waals surface area (Å²) in [5, 5.41) is 67.6. The Bertz CT molecular complexity index is 1390. The number of nitrogens with one attached hydrogen (secondary N) is 1. The summed E-state index contributed by atoms with van der Waals surface area (Å²) >= 11 is 4.97. The lowest BCUT2D eigenvalue weighted by atomic mass is 10.1. The molecule has 0 spiro atoms. The van der Waals surface area contributed by atoms with Gasteiger partial charge in [-0.3, -0.25) is 18.9 Å². The van der Waals surface area contributed by atoms with Crippen molar-refractivity contribution in [3.05, 3.63) is 44.0 Å². The van der Waals surface area contributed by atoms with Crippen molar-refractivity contribution in [2.45, 2.75) is 56.0 Å². The Labute approximate surface area is 219 Å². The van der Waals surface area contributed by atoms with Crippen molar-refractivity contribution in [2.75, 3.05) is 26.9 Å². The summed E-state index contributed by atoms with van der Waals surface area (Å²) in [7, 11) is 1.67. The maximum Gasteiger partial charge on any atom is 0.254 e. The number of aliphatic hydroxyl groups excluding tert-OH is 7. The fraction of sp³-hybridized carbons (Fsp3) is 0.619. The molecule has 5 rings (SSSR count).